The SMILES string of the molecule is C=C/C(=C\C(=C/C)c1ccc2[nH]nc(-c3nc4nccc(-c5ccc(C(=C)C)s5)c4[nH]3)c2c1)CN1CCC(F)(F)C1. The molecule has 0 unspecified atom stereocenters. The van der Waals surface area contributed by atoms with Crippen LogP contribution in [0.1, 0.15) is 30.7 Å². The number of thiophene rings is 1. The van der Waals surface area contributed by atoms with E-state index in [0.29, 0.717) is 30.3 Å². The first kappa shape index (κ1) is 27.0. The Balaban J connectivity index is 1.34. The van der Waals surface area contributed by atoms with Gasteiger partial charge in [-0.15, -0.1) is 11.3 Å². The molecule has 5 aromatic rings. The second-order valence-corrected chi connectivity index (χ2v) is 11.5. The summed E-state index contributed by atoms with van der Waals surface area (Å²) in [4.78, 5) is 16.8. The van der Waals surface area contributed by atoms with Gasteiger partial charge in [0.25, 0.3) is 5.92 Å². The average molecular weight is 569 g/mol. The molecule has 5 heterocycles. The van der Waals surface area contributed by atoms with Gasteiger partial charge in [0.05, 0.1) is 17.6 Å². The number of aromatic nitrogens is 5. The first-order valence-corrected chi connectivity index (χ1v) is 14.3. The molecule has 4 aromatic heterocycles. The van der Waals surface area contributed by atoms with E-state index in [1.807, 2.05) is 44.2 Å². The number of fused-ring (bicyclic) bond motifs is 2. The fraction of sp³-hybridized carbons (Fsp3) is 0.219. The van der Waals surface area contributed by atoms with Crippen LogP contribution < -0.4 is 0 Å². The van der Waals surface area contributed by atoms with E-state index in [1.54, 1.807) is 28.5 Å². The van der Waals surface area contributed by atoms with E-state index in [4.69, 9.17) is 4.98 Å². The highest BCUT2D eigenvalue weighted by molar-refractivity contribution is 7.16. The van der Waals surface area contributed by atoms with Crippen molar-refractivity contribution in [2.24, 2.45) is 0 Å². The summed E-state index contributed by atoms with van der Waals surface area (Å²) < 4.78 is 27.4. The fourth-order valence-electron chi connectivity index (χ4n) is 5.22. The zero-order chi connectivity index (χ0) is 28.7. The van der Waals surface area contributed by atoms with Gasteiger partial charge in [0.1, 0.15) is 5.69 Å². The van der Waals surface area contributed by atoms with Gasteiger partial charge in [-0.05, 0) is 66.5 Å². The summed E-state index contributed by atoms with van der Waals surface area (Å²) in [6, 6.07) is 12.3. The molecule has 0 aliphatic carbocycles. The second kappa shape index (κ2) is 10.6. The van der Waals surface area contributed by atoms with Crippen LogP contribution >= 0.6 is 11.3 Å². The normalized spacial score (nSPS) is 16.2. The van der Waals surface area contributed by atoms with Gasteiger partial charge in [-0.2, -0.15) is 5.10 Å². The summed E-state index contributed by atoms with van der Waals surface area (Å²) in [6.07, 6.45) is 7.44. The Hall–Kier alpha value is -4.21. The number of hydrogen-bond donors (Lipinski definition) is 2. The number of likely N-dealkylation sites (tertiary alicyclic amines) is 1. The first-order chi connectivity index (χ1) is 19.7. The van der Waals surface area contributed by atoms with Crippen molar-refractivity contribution in [1.29, 1.82) is 0 Å². The highest BCUT2D eigenvalue weighted by atomic mass is 32.1. The van der Waals surface area contributed by atoms with Gasteiger partial charge >= 0.3 is 0 Å². The fourth-order valence-corrected chi connectivity index (χ4v) is 6.18. The van der Waals surface area contributed by atoms with Crippen LogP contribution in [-0.4, -0.2) is 55.6 Å². The average Bonchev–Trinajstić information content (AvgIpc) is 3.75. The summed E-state index contributed by atoms with van der Waals surface area (Å²) in [5.41, 5.74) is 7.95. The Labute approximate surface area is 240 Å². The molecular weight excluding hydrogens is 538 g/mol. The van der Waals surface area contributed by atoms with E-state index in [9.17, 15) is 8.78 Å². The van der Waals surface area contributed by atoms with E-state index in [-0.39, 0.29) is 13.0 Å². The molecule has 208 valence electrons. The first-order valence-electron chi connectivity index (χ1n) is 13.4. The highest BCUT2D eigenvalue weighted by Crippen LogP contribution is 2.36. The van der Waals surface area contributed by atoms with Crippen molar-refractivity contribution in [1.82, 2.24) is 30.0 Å². The minimum atomic E-state index is -2.62. The molecule has 0 bridgehead atoms. The van der Waals surface area contributed by atoms with Gasteiger partial charge in [0.2, 0.25) is 0 Å². The number of hydrogen-bond acceptors (Lipinski definition) is 5. The molecule has 6 rings (SSSR count). The van der Waals surface area contributed by atoms with Gasteiger partial charge in [-0.3, -0.25) is 10.00 Å². The molecule has 0 atom stereocenters. The summed E-state index contributed by atoms with van der Waals surface area (Å²) in [5, 5.41) is 8.62. The van der Waals surface area contributed by atoms with Crippen molar-refractivity contribution >= 4 is 44.5 Å². The Morgan fingerprint density at radius 2 is 2.07 bits per heavy atom. The van der Waals surface area contributed by atoms with Crippen molar-refractivity contribution in [2.45, 2.75) is 26.2 Å². The van der Waals surface area contributed by atoms with Gasteiger partial charge in [-0.1, -0.05) is 37.5 Å². The number of nitrogens with one attached hydrogen (secondary N) is 2. The van der Waals surface area contributed by atoms with Crippen molar-refractivity contribution in [3.05, 3.63) is 90.0 Å². The minimum Gasteiger partial charge on any atom is -0.335 e. The lowest BCUT2D eigenvalue weighted by Gasteiger charge is -2.16. The quantitative estimate of drug-likeness (QED) is 0.185. The van der Waals surface area contributed by atoms with Crippen molar-refractivity contribution < 1.29 is 8.78 Å². The molecule has 0 radical (unpaired) electrons. The van der Waals surface area contributed by atoms with Crippen molar-refractivity contribution in [3.63, 3.8) is 0 Å². The maximum atomic E-state index is 13.7. The molecule has 1 aromatic carbocycles. The van der Waals surface area contributed by atoms with Crippen LogP contribution in [0.15, 0.2) is 79.6 Å². The predicted octanol–water partition coefficient (Wildman–Crippen LogP) is 8.12. The van der Waals surface area contributed by atoms with Crippen LogP contribution in [0, 0.1) is 0 Å². The largest absolute Gasteiger partial charge is 0.335 e. The molecule has 2 N–H and O–H groups in total. The summed E-state index contributed by atoms with van der Waals surface area (Å²) in [6.45, 7) is 12.6. The molecule has 9 heteroatoms. The van der Waals surface area contributed by atoms with Crippen LogP contribution in [0.3, 0.4) is 0 Å². The molecule has 1 fully saturated rings. The van der Waals surface area contributed by atoms with Gasteiger partial charge < -0.3 is 4.98 Å². The standard InChI is InChI=1S/C32H30F2N6S/c1-5-20(17-40-14-12-32(33,34)18-40)15-21(6-2)22-7-8-25-24(16-22)29(39-38-25)31-36-28-23(11-13-35-30(28)37-31)27-10-9-26(41-27)19(3)4/h5-11,13,15-16H,1,3,12,14,17-18H2,2,4H3,(H,38,39)(H,35,36,37)/b20-15+,21-6+. The summed E-state index contributed by atoms with van der Waals surface area (Å²) >= 11 is 1.69. The number of nitrogens with zero attached hydrogens (tertiary/aromatic N) is 4. The number of halogens is 2. The van der Waals surface area contributed by atoms with E-state index >= 15 is 0 Å². The third kappa shape index (κ3) is 5.30. The maximum Gasteiger partial charge on any atom is 0.261 e. The van der Waals surface area contributed by atoms with Gasteiger partial charge in [-0.25, -0.2) is 18.7 Å². The summed E-state index contributed by atoms with van der Waals surface area (Å²) in [5.74, 6) is -2.00. The van der Waals surface area contributed by atoms with E-state index < -0.39 is 5.92 Å². The Bertz CT molecular complexity index is 1850. The maximum absolute atomic E-state index is 13.7. The minimum absolute atomic E-state index is 0.102. The number of pyridine rings is 1. The lowest BCUT2D eigenvalue weighted by molar-refractivity contribution is 0.0131. The van der Waals surface area contributed by atoms with Crippen LogP contribution in [0.5, 0.6) is 0 Å². The summed E-state index contributed by atoms with van der Waals surface area (Å²) in [7, 11) is 0. The van der Waals surface area contributed by atoms with Crippen LogP contribution in [0.4, 0.5) is 8.78 Å². The molecule has 41 heavy (non-hydrogen) atoms. The van der Waals surface area contributed by atoms with Crippen LogP contribution in [-0.2, 0) is 0 Å². The lowest BCUT2D eigenvalue weighted by Crippen LogP contribution is -2.26. The van der Waals surface area contributed by atoms with Gasteiger partial charge in [0.15, 0.2) is 11.5 Å². The zero-order valence-electron chi connectivity index (χ0n) is 23.0. The molecule has 6 nitrogen and oxygen atoms in total. The second-order valence-electron chi connectivity index (χ2n) is 10.4. The smallest absolute Gasteiger partial charge is 0.261 e. The Morgan fingerprint density at radius 1 is 1.22 bits per heavy atom. The molecule has 1 aliphatic heterocycles. The van der Waals surface area contributed by atoms with Gasteiger partial charge in [0, 0.05) is 46.4 Å². The molecule has 0 saturated carbocycles. The number of H-pyrrole nitrogens is 2. The topological polar surface area (TPSA) is 73.5 Å². The zero-order valence-corrected chi connectivity index (χ0v) is 23.8. The number of alkyl halides is 2. The molecule has 0 spiro atoms. The Kier molecular flexibility index (Phi) is 7.01. The monoisotopic (exact) mass is 568 g/mol. The van der Waals surface area contributed by atoms with E-state index in [1.165, 1.54) is 0 Å². The number of rotatable bonds is 8. The third-order valence-corrected chi connectivity index (χ3v) is 8.65. The van der Waals surface area contributed by atoms with Crippen molar-refractivity contribution in [3.8, 4) is 22.0 Å². The number of allylic oxidation sites excluding steroid dienone is 4. The Morgan fingerprint density at radius 3 is 2.78 bits per heavy atom. The number of imidazole rings is 1. The third-order valence-electron chi connectivity index (χ3n) is 7.37. The molecule has 0 amide bonds. The lowest BCUT2D eigenvalue weighted by atomic mass is 10.00. The number of aromatic amines is 2. The van der Waals surface area contributed by atoms with E-state index in [2.05, 4.69) is 51.5 Å². The van der Waals surface area contributed by atoms with Crippen LogP contribution in [0.25, 0.3) is 55.2 Å². The predicted molar refractivity (Wildman–Crippen MR) is 165 cm³/mol. The highest BCUT2D eigenvalue weighted by Gasteiger charge is 2.37. The molecular formula is C32H30F2N6S. The van der Waals surface area contributed by atoms with E-state index in [0.717, 1.165) is 54.0 Å². The number of benzene rings is 1. The molecule has 1 aliphatic rings. The van der Waals surface area contributed by atoms with Crippen molar-refractivity contribution in [2.75, 3.05) is 19.6 Å². The van der Waals surface area contributed by atoms with Crippen LogP contribution in [0.2, 0.25) is 0 Å². The molecule has 1 saturated heterocycles.